The average molecular weight is 358 g/mol. The maximum Gasteiger partial charge on any atom is 0.165 e. The lowest BCUT2D eigenvalue weighted by molar-refractivity contribution is 0.284. The summed E-state index contributed by atoms with van der Waals surface area (Å²) < 4.78 is 33.1. The molecule has 0 saturated carbocycles. The number of hydrogen-bond acceptors (Lipinski definition) is 2. The fourth-order valence-electron chi connectivity index (χ4n) is 1.58. The van der Waals surface area contributed by atoms with E-state index < -0.39 is 11.6 Å². The number of ether oxygens (including phenoxy) is 1. The van der Waals surface area contributed by atoms with E-state index in [0.29, 0.717) is 10.0 Å². The van der Waals surface area contributed by atoms with Crippen molar-refractivity contribution in [2.45, 2.75) is 6.61 Å². The summed E-state index contributed by atoms with van der Waals surface area (Å²) in [4.78, 5) is 0.167. The predicted molar refractivity (Wildman–Crippen MR) is 80.7 cm³/mol. The highest BCUT2D eigenvalue weighted by atomic mass is 79.9. The molecule has 0 aromatic heterocycles. The third kappa shape index (κ3) is 3.52. The Balaban J connectivity index is 2.20. The summed E-state index contributed by atoms with van der Waals surface area (Å²) in [7, 11) is 0. The second-order valence-corrected chi connectivity index (χ2v) is 5.39. The van der Waals surface area contributed by atoms with Crippen molar-refractivity contribution < 1.29 is 13.5 Å². The lowest BCUT2D eigenvalue weighted by atomic mass is 10.1. The molecule has 20 heavy (non-hydrogen) atoms. The molecule has 6 heteroatoms. The summed E-state index contributed by atoms with van der Waals surface area (Å²) >= 11 is 8.04. The Hall–Kier alpha value is -1.53. The monoisotopic (exact) mass is 357 g/mol. The van der Waals surface area contributed by atoms with Gasteiger partial charge in [0.1, 0.15) is 17.4 Å². The van der Waals surface area contributed by atoms with Gasteiger partial charge in [-0.15, -0.1) is 0 Å². The zero-order valence-electron chi connectivity index (χ0n) is 10.2. The summed E-state index contributed by atoms with van der Waals surface area (Å²) in [6.07, 6.45) is 0. The molecule has 0 atom stereocenters. The minimum Gasteiger partial charge on any atom is -0.486 e. The van der Waals surface area contributed by atoms with Crippen LogP contribution in [0.25, 0.3) is 0 Å². The molecule has 0 aliphatic rings. The molecule has 0 saturated heterocycles. The molecular formula is C14H10BrF2NOS. The van der Waals surface area contributed by atoms with E-state index in [9.17, 15) is 8.78 Å². The van der Waals surface area contributed by atoms with Crippen LogP contribution in [-0.2, 0) is 6.61 Å². The van der Waals surface area contributed by atoms with E-state index in [1.165, 1.54) is 30.3 Å². The molecule has 2 aromatic carbocycles. The van der Waals surface area contributed by atoms with Crippen LogP contribution in [0.2, 0.25) is 0 Å². The molecule has 0 bridgehead atoms. The SMILES string of the molecule is NC(=S)c1ccc(F)c(COc2cc(Br)ccc2F)c1. The normalized spacial score (nSPS) is 10.3. The van der Waals surface area contributed by atoms with Crippen LogP contribution in [0.5, 0.6) is 5.75 Å². The van der Waals surface area contributed by atoms with Crippen LogP contribution in [0.1, 0.15) is 11.1 Å². The van der Waals surface area contributed by atoms with Gasteiger partial charge in [0.05, 0.1) is 0 Å². The highest BCUT2D eigenvalue weighted by Crippen LogP contribution is 2.23. The van der Waals surface area contributed by atoms with E-state index >= 15 is 0 Å². The van der Waals surface area contributed by atoms with Gasteiger partial charge >= 0.3 is 0 Å². The molecule has 2 N–H and O–H groups in total. The van der Waals surface area contributed by atoms with Gasteiger partial charge in [-0.05, 0) is 36.4 Å². The van der Waals surface area contributed by atoms with Crippen molar-refractivity contribution in [3.05, 3.63) is 63.6 Å². The van der Waals surface area contributed by atoms with Gasteiger partial charge in [0.2, 0.25) is 0 Å². The first-order chi connectivity index (χ1) is 9.47. The molecule has 0 spiro atoms. The van der Waals surface area contributed by atoms with Crippen molar-refractivity contribution in [3.8, 4) is 5.75 Å². The molecule has 2 rings (SSSR count). The minimum atomic E-state index is -0.515. The Labute approximate surface area is 128 Å². The Kier molecular flexibility index (Phi) is 4.67. The largest absolute Gasteiger partial charge is 0.486 e. The summed E-state index contributed by atoms with van der Waals surface area (Å²) in [5.74, 6) is -0.931. The maximum absolute atomic E-state index is 13.6. The van der Waals surface area contributed by atoms with Crippen LogP contribution in [-0.4, -0.2) is 4.99 Å². The standard InChI is InChI=1S/C14H10BrF2NOS/c15-10-2-4-12(17)13(6-10)19-7-9-5-8(14(18)20)1-3-11(9)16/h1-6H,7H2,(H2,18,20). The average Bonchev–Trinajstić information content (AvgIpc) is 2.41. The number of nitrogens with two attached hydrogens (primary N) is 1. The lowest BCUT2D eigenvalue weighted by Gasteiger charge is -2.09. The Morgan fingerprint density at radius 3 is 2.55 bits per heavy atom. The Morgan fingerprint density at radius 1 is 1.15 bits per heavy atom. The van der Waals surface area contributed by atoms with Crippen molar-refractivity contribution >= 4 is 33.1 Å². The Bertz CT molecular complexity index is 664. The van der Waals surface area contributed by atoms with E-state index in [1.54, 1.807) is 6.07 Å². The molecule has 2 aromatic rings. The molecule has 0 fully saturated rings. The van der Waals surface area contributed by atoms with Crippen molar-refractivity contribution in [2.75, 3.05) is 0 Å². The third-order valence-electron chi connectivity index (χ3n) is 2.61. The second kappa shape index (κ2) is 6.28. The quantitative estimate of drug-likeness (QED) is 0.841. The number of rotatable bonds is 4. The van der Waals surface area contributed by atoms with Crippen LogP contribution in [0.4, 0.5) is 8.78 Å². The maximum atomic E-state index is 13.6. The summed E-state index contributed by atoms with van der Waals surface area (Å²) in [5, 5.41) is 0. The molecule has 0 radical (unpaired) electrons. The van der Waals surface area contributed by atoms with Gasteiger partial charge in [-0.25, -0.2) is 8.78 Å². The number of hydrogen-bond donors (Lipinski definition) is 1. The summed E-state index contributed by atoms with van der Waals surface area (Å²) in [6, 6.07) is 8.53. The van der Waals surface area contributed by atoms with Crippen LogP contribution < -0.4 is 10.5 Å². The topological polar surface area (TPSA) is 35.2 Å². The zero-order valence-corrected chi connectivity index (χ0v) is 12.6. The predicted octanol–water partition coefficient (Wildman–Crippen LogP) is 3.94. The van der Waals surface area contributed by atoms with Gasteiger partial charge in [-0.1, -0.05) is 28.1 Å². The number of benzene rings is 2. The fourth-order valence-corrected chi connectivity index (χ4v) is 2.05. The zero-order chi connectivity index (χ0) is 14.7. The van der Waals surface area contributed by atoms with Crippen LogP contribution in [0.3, 0.4) is 0 Å². The van der Waals surface area contributed by atoms with Crippen LogP contribution in [0.15, 0.2) is 40.9 Å². The van der Waals surface area contributed by atoms with Gasteiger partial charge < -0.3 is 10.5 Å². The highest BCUT2D eigenvalue weighted by Gasteiger charge is 2.09. The van der Waals surface area contributed by atoms with Crippen molar-refractivity contribution in [3.63, 3.8) is 0 Å². The van der Waals surface area contributed by atoms with Gasteiger partial charge in [-0.3, -0.25) is 0 Å². The first kappa shape index (κ1) is 14.9. The Morgan fingerprint density at radius 2 is 1.85 bits per heavy atom. The van der Waals surface area contributed by atoms with Crippen LogP contribution in [0, 0.1) is 11.6 Å². The van der Waals surface area contributed by atoms with Crippen molar-refractivity contribution in [2.24, 2.45) is 5.73 Å². The van der Waals surface area contributed by atoms with Gasteiger partial charge in [0.15, 0.2) is 11.6 Å². The second-order valence-electron chi connectivity index (χ2n) is 4.03. The van der Waals surface area contributed by atoms with E-state index in [2.05, 4.69) is 15.9 Å². The first-order valence-electron chi connectivity index (χ1n) is 5.63. The number of halogens is 3. The van der Waals surface area contributed by atoms with Crippen molar-refractivity contribution in [1.29, 1.82) is 0 Å². The van der Waals surface area contributed by atoms with Crippen LogP contribution >= 0.6 is 28.1 Å². The highest BCUT2D eigenvalue weighted by molar-refractivity contribution is 9.10. The molecule has 0 heterocycles. The molecule has 0 aliphatic heterocycles. The molecule has 0 unspecified atom stereocenters. The lowest BCUT2D eigenvalue weighted by Crippen LogP contribution is -2.11. The molecule has 0 amide bonds. The molecule has 104 valence electrons. The van der Waals surface area contributed by atoms with E-state index in [4.69, 9.17) is 22.7 Å². The summed E-state index contributed by atoms with van der Waals surface area (Å²) in [6.45, 7) is -0.115. The minimum absolute atomic E-state index is 0.0412. The smallest absolute Gasteiger partial charge is 0.165 e. The van der Waals surface area contributed by atoms with E-state index in [0.717, 1.165) is 0 Å². The fraction of sp³-hybridized carbons (Fsp3) is 0.0714. The first-order valence-corrected chi connectivity index (χ1v) is 6.83. The van der Waals surface area contributed by atoms with Gasteiger partial charge in [-0.2, -0.15) is 0 Å². The van der Waals surface area contributed by atoms with E-state index in [1.807, 2.05) is 0 Å². The van der Waals surface area contributed by atoms with Gasteiger partial charge in [0, 0.05) is 15.6 Å². The molecular weight excluding hydrogens is 348 g/mol. The number of thiocarbonyl (C=S) groups is 1. The van der Waals surface area contributed by atoms with Crippen molar-refractivity contribution in [1.82, 2.24) is 0 Å². The summed E-state index contributed by atoms with van der Waals surface area (Å²) in [5.41, 5.74) is 6.28. The third-order valence-corrected chi connectivity index (χ3v) is 3.34. The van der Waals surface area contributed by atoms with E-state index in [-0.39, 0.29) is 22.9 Å². The molecule has 0 aliphatic carbocycles. The van der Waals surface area contributed by atoms with Gasteiger partial charge in [0.25, 0.3) is 0 Å². The molecule has 2 nitrogen and oxygen atoms in total.